The van der Waals surface area contributed by atoms with Crippen molar-refractivity contribution in [1.82, 2.24) is 10.4 Å². The Hall–Kier alpha value is -2.70. The normalized spacial score (nSPS) is 10.5. The number of benzene rings is 2. The Bertz CT molecular complexity index is 758. The molecule has 0 aromatic heterocycles. The molecule has 28 heavy (non-hydrogen) atoms. The topological polar surface area (TPSA) is 95.7 Å². The van der Waals surface area contributed by atoms with E-state index in [1.54, 1.807) is 12.1 Å². The molecule has 2 aromatic carbocycles. The van der Waals surface area contributed by atoms with Crippen molar-refractivity contribution in [3.8, 4) is 11.1 Å². The van der Waals surface area contributed by atoms with Gasteiger partial charge in [-0.1, -0.05) is 43.3 Å². The Kier molecular flexibility index (Phi) is 8.65. The molecule has 0 atom stereocenters. The molecule has 2 amide bonds. The van der Waals surface area contributed by atoms with Gasteiger partial charge in [0.2, 0.25) is 5.91 Å². The third-order valence-electron chi connectivity index (χ3n) is 4.58. The average Bonchev–Trinajstić information content (AvgIpc) is 2.73. The average molecular weight is 383 g/mol. The summed E-state index contributed by atoms with van der Waals surface area (Å²) < 4.78 is 0. The van der Waals surface area contributed by atoms with E-state index in [1.165, 1.54) is 5.56 Å². The number of nitrogens with zero attached hydrogens (tertiary/aromatic N) is 1. The van der Waals surface area contributed by atoms with Gasteiger partial charge >= 0.3 is 0 Å². The standard InChI is InChI=1S/C22H29N3O3/c1-2-17-6-8-18(9-7-17)19-10-12-20(13-11-19)22(27)24-15-16-25(28)21(26)5-3-4-14-23/h6-13,28H,2-5,14-16,23H2,1H3,(H,24,27). The fraction of sp³-hybridized carbons (Fsp3) is 0.364. The molecule has 150 valence electrons. The van der Waals surface area contributed by atoms with Crippen molar-refractivity contribution >= 4 is 11.8 Å². The van der Waals surface area contributed by atoms with E-state index in [-0.39, 0.29) is 31.3 Å². The van der Waals surface area contributed by atoms with Gasteiger partial charge < -0.3 is 11.1 Å². The van der Waals surface area contributed by atoms with Crippen LogP contribution in [0.5, 0.6) is 0 Å². The summed E-state index contributed by atoms with van der Waals surface area (Å²) in [5, 5.41) is 13.1. The number of nitrogens with one attached hydrogen (secondary N) is 1. The number of rotatable bonds is 10. The molecule has 0 radical (unpaired) electrons. The molecule has 0 saturated carbocycles. The molecule has 0 aliphatic carbocycles. The zero-order valence-electron chi connectivity index (χ0n) is 16.4. The van der Waals surface area contributed by atoms with E-state index in [2.05, 4.69) is 36.5 Å². The van der Waals surface area contributed by atoms with Crippen LogP contribution in [0.2, 0.25) is 0 Å². The number of amides is 2. The maximum Gasteiger partial charge on any atom is 0.251 e. The fourth-order valence-electron chi connectivity index (χ4n) is 2.80. The molecular formula is C22H29N3O3. The first kappa shape index (κ1) is 21.6. The Morgan fingerprint density at radius 1 is 1.00 bits per heavy atom. The maximum atomic E-state index is 12.2. The van der Waals surface area contributed by atoms with E-state index >= 15 is 0 Å². The van der Waals surface area contributed by atoms with E-state index in [0.29, 0.717) is 23.6 Å². The Labute approximate surface area is 166 Å². The second kappa shape index (κ2) is 11.2. The smallest absolute Gasteiger partial charge is 0.251 e. The highest BCUT2D eigenvalue weighted by Gasteiger charge is 2.11. The van der Waals surface area contributed by atoms with Gasteiger partial charge in [-0.05, 0) is 54.6 Å². The molecule has 0 spiro atoms. The van der Waals surface area contributed by atoms with Crippen molar-refractivity contribution in [2.24, 2.45) is 5.73 Å². The van der Waals surface area contributed by atoms with Crippen molar-refractivity contribution in [1.29, 1.82) is 0 Å². The number of nitrogens with two attached hydrogens (primary N) is 1. The van der Waals surface area contributed by atoms with Crippen LogP contribution in [-0.2, 0) is 11.2 Å². The van der Waals surface area contributed by atoms with Crippen molar-refractivity contribution in [3.05, 3.63) is 59.7 Å². The summed E-state index contributed by atoms with van der Waals surface area (Å²) in [4.78, 5) is 23.9. The number of aryl methyl sites for hydroxylation is 1. The maximum absolute atomic E-state index is 12.2. The first-order valence-corrected chi connectivity index (χ1v) is 9.72. The zero-order chi connectivity index (χ0) is 20.4. The highest BCUT2D eigenvalue weighted by atomic mass is 16.5. The van der Waals surface area contributed by atoms with Crippen molar-refractivity contribution in [2.45, 2.75) is 32.6 Å². The number of unbranched alkanes of at least 4 members (excludes halogenated alkanes) is 1. The lowest BCUT2D eigenvalue weighted by atomic mass is 10.0. The lowest BCUT2D eigenvalue weighted by molar-refractivity contribution is -0.165. The predicted octanol–water partition coefficient (Wildman–Crippen LogP) is 2.99. The van der Waals surface area contributed by atoms with Crippen LogP contribution < -0.4 is 11.1 Å². The Morgan fingerprint density at radius 2 is 1.61 bits per heavy atom. The van der Waals surface area contributed by atoms with Crippen LogP contribution in [0, 0.1) is 0 Å². The molecule has 2 aromatic rings. The molecular weight excluding hydrogens is 354 g/mol. The molecule has 2 rings (SSSR count). The summed E-state index contributed by atoms with van der Waals surface area (Å²) in [7, 11) is 0. The van der Waals surface area contributed by atoms with Crippen LogP contribution in [0.25, 0.3) is 11.1 Å². The molecule has 4 N–H and O–H groups in total. The van der Waals surface area contributed by atoms with Crippen molar-refractivity contribution in [2.75, 3.05) is 19.6 Å². The predicted molar refractivity (Wildman–Crippen MR) is 110 cm³/mol. The summed E-state index contributed by atoms with van der Waals surface area (Å²) in [6, 6.07) is 15.7. The van der Waals surface area contributed by atoms with Gasteiger partial charge in [0.1, 0.15) is 0 Å². The molecule has 6 heteroatoms. The number of hydroxylamine groups is 2. The van der Waals surface area contributed by atoms with Gasteiger partial charge in [-0.2, -0.15) is 0 Å². The lowest BCUT2D eigenvalue weighted by Crippen LogP contribution is -2.36. The molecule has 0 bridgehead atoms. The monoisotopic (exact) mass is 383 g/mol. The third-order valence-corrected chi connectivity index (χ3v) is 4.58. The van der Waals surface area contributed by atoms with Gasteiger partial charge in [0.25, 0.3) is 5.91 Å². The molecule has 0 heterocycles. The first-order valence-electron chi connectivity index (χ1n) is 9.72. The fourth-order valence-corrected chi connectivity index (χ4v) is 2.80. The summed E-state index contributed by atoms with van der Waals surface area (Å²) in [6.07, 6.45) is 2.65. The van der Waals surface area contributed by atoms with Gasteiger partial charge in [0.05, 0.1) is 6.54 Å². The SMILES string of the molecule is CCc1ccc(-c2ccc(C(=O)NCCN(O)C(=O)CCCCN)cc2)cc1. The second-order valence-electron chi connectivity index (χ2n) is 6.65. The highest BCUT2D eigenvalue weighted by Crippen LogP contribution is 2.20. The van der Waals surface area contributed by atoms with E-state index < -0.39 is 0 Å². The largest absolute Gasteiger partial charge is 0.350 e. The minimum absolute atomic E-state index is 0.0507. The Balaban J connectivity index is 1.81. The van der Waals surface area contributed by atoms with E-state index in [0.717, 1.165) is 24.0 Å². The zero-order valence-corrected chi connectivity index (χ0v) is 16.4. The van der Waals surface area contributed by atoms with Gasteiger partial charge in [0.15, 0.2) is 0 Å². The van der Waals surface area contributed by atoms with Crippen LogP contribution in [-0.4, -0.2) is 41.7 Å². The van der Waals surface area contributed by atoms with Crippen LogP contribution >= 0.6 is 0 Å². The molecule has 0 fully saturated rings. The van der Waals surface area contributed by atoms with Gasteiger partial charge in [-0.3, -0.25) is 14.8 Å². The second-order valence-corrected chi connectivity index (χ2v) is 6.65. The quantitative estimate of drug-likeness (QED) is 0.334. The van der Waals surface area contributed by atoms with Gasteiger partial charge in [-0.25, -0.2) is 5.06 Å². The van der Waals surface area contributed by atoms with Crippen LogP contribution in [0.15, 0.2) is 48.5 Å². The van der Waals surface area contributed by atoms with Crippen LogP contribution in [0.3, 0.4) is 0 Å². The van der Waals surface area contributed by atoms with Crippen LogP contribution in [0.1, 0.15) is 42.1 Å². The first-order chi connectivity index (χ1) is 13.5. The lowest BCUT2D eigenvalue weighted by Gasteiger charge is -2.15. The third kappa shape index (κ3) is 6.48. The minimum atomic E-state index is -0.360. The van der Waals surface area contributed by atoms with Crippen molar-refractivity contribution < 1.29 is 14.8 Å². The molecule has 0 aliphatic heterocycles. The van der Waals surface area contributed by atoms with E-state index in [4.69, 9.17) is 5.73 Å². The van der Waals surface area contributed by atoms with E-state index in [9.17, 15) is 14.8 Å². The number of carbonyl (C=O) groups is 2. The summed E-state index contributed by atoms with van der Waals surface area (Å²) in [5.41, 5.74) is 9.35. The summed E-state index contributed by atoms with van der Waals surface area (Å²) in [6.45, 7) is 2.88. The Morgan fingerprint density at radius 3 is 2.18 bits per heavy atom. The summed E-state index contributed by atoms with van der Waals surface area (Å²) >= 11 is 0. The van der Waals surface area contributed by atoms with Crippen LogP contribution in [0.4, 0.5) is 0 Å². The van der Waals surface area contributed by atoms with Crippen molar-refractivity contribution in [3.63, 3.8) is 0 Å². The number of hydrogen-bond acceptors (Lipinski definition) is 4. The number of hydrogen-bond donors (Lipinski definition) is 3. The van der Waals surface area contributed by atoms with Gasteiger partial charge in [-0.15, -0.1) is 0 Å². The molecule has 6 nitrogen and oxygen atoms in total. The minimum Gasteiger partial charge on any atom is -0.350 e. The van der Waals surface area contributed by atoms with E-state index in [1.807, 2.05) is 12.1 Å². The van der Waals surface area contributed by atoms with Gasteiger partial charge in [0, 0.05) is 18.5 Å². The summed E-state index contributed by atoms with van der Waals surface area (Å²) in [5.74, 6) is -0.599. The molecule has 0 aliphatic rings. The molecule has 0 saturated heterocycles. The number of carbonyl (C=O) groups excluding carboxylic acids is 2. The molecule has 0 unspecified atom stereocenters. The highest BCUT2D eigenvalue weighted by molar-refractivity contribution is 5.94.